The third kappa shape index (κ3) is 3.29. The predicted octanol–water partition coefficient (Wildman–Crippen LogP) is 1.81. The fraction of sp³-hybridized carbons (Fsp3) is 0.368. The monoisotopic (exact) mass is 397 g/mol. The Morgan fingerprint density at radius 3 is 2.57 bits per heavy atom. The Balaban J connectivity index is 1.97. The first-order chi connectivity index (χ1) is 13.3. The van der Waals surface area contributed by atoms with Crippen molar-refractivity contribution in [3.63, 3.8) is 0 Å². The third-order valence-electron chi connectivity index (χ3n) is 5.24. The molecule has 1 aromatic carbocycles. The summed E-state index contributed by atoms with van der Waals surface area (Å²) in [6.45, 7) is 3.54. The zero-order valence-corrected chi connectivity index (χ0v) is 16.5. The fourth-order valence-electron chi connectivity index (χ4n) is 3.88. The van der Waals surface area contributed by atoms with Crippen LogP contribution in [0.3, 0.4) is 0 Å². The third-order valence-corrected chi connectivity index (χ3v) is 6.80. The summed E-state index contributed by atoms with van der Waals surface area (Å²) in [6, 6.07) is 4.64. The molecule has 1 fully saturated rings. The number of hydrogen-bond donors (Lipinski definition) is 2. The SMILES string of the molecule is [B]c1cc2c(S(=O)(=O)NC3CCCC3)cc(-c3c(C)noc3C)cc2[nH]c1=O. The first-order valence-electron chi connectivity index (χ1n) is 9.18. The number of hydrogen-bond acceptors (Lipinski definition) is 5. The summed E-state index contributed by atoms with van der Waals surface area (Å²) in [7, 11) is 1.94. The Labute approximate surface area is 164 Å². The number of nitrogens with one attached hydrogen (secondary N) is 2. The van der Waals surface area contributed by atoms with E-state index in [1.54, 1.807) is 26.0 Å². The lowest BCUT2D eigenvalue weighted by atomic mass is 9.95. The number of benzene rings is 1. The summed E-state index contributed by atoms with van der Waals surface area (Å²) in [5.74, 6) is 0.571. The van der Waals surface area contributed by atoms with Gasteiger partial charge in [0.2, 0.25) is 15.6 Å². The highest BCUT2D eigenvalue weighted by atomic mass is 32.2. The zero-order valence-electron chi connectivity index (χ0n) is 15.7. The number of rotatable bonds is 4. The summed E-state index contributed by atoms with van der Waals surface area (Å²) in [5.41, 5.74) is 1.85. The maximum atomic E-state index is 13.2. The van der Waals surface area contributed by atoms with Gasteiger partial charge in [-0.05, 0) is 49.8 Å². The van der Waals surface area contributed by atoms with Crippen molar-refractivity contribution in [1.82, 2.24) is 14.9 Å². The van der Waals surface area contributed by atoms with Gasteiger partial charge in [0, 0.05) is 17.0 Å². The van der Waals surface area contributed by atoms with Crippen molar-refractivity contribution in [3.8, 4) is 11.1 Å². The van der Waals surface area contributed by atoms with Crippen LogP contribution < -0.4 is 15.7 Å². The van der Waals surface area contributed by atoms with E-state index in [2.05, 4.69) is 14.9 Å². The maximum Gasteiger partial charge on any atom is 0.241 e. The van der Waals surface area contributed by atoms with Gasteiger partial charge in [-0.2, -0.15) is 0 Å². The van der Waals surface area contributed by atoms with Crippen LogP contribution in [0, 0.1) is 13.8 Å². The van der Waals surface area contributed by atoms with Gasteiger partial charge in [0.1, 0.15) is 13.6 Å². The Morgan fingerprint density at radius 2 is 1.93 bits per heavy atom. The lowest BCUT2D eigenvalue weighted by Crippen LogP contribution is -2.33. The molecule has 0 saturated heterocycles. The molecule has 28 heavy (non-hydrogen) atoms. The molecule has 4 rings (SSSR count). The minimum Gasteiger partial charge on any atom is -0.361 e. The van der Waals surface area contributed by atoms with Gasteiger partial charge in [-0.3, -0.25) is 4.79 Å². The van der Waals surface area contributed by atoms with Gasteiger partial charge in [-0.25, -0.2) is 13.1 Å². The van der Waals surface area contributed by atoms with E-state index < -0.39 is 15.6 Å². The Kier molecular flexibility index (Phi) is 4.67. The van der Waals surface area contributed by atoms with Crippen LogP contribution in [0.5, 0.6) is 0 Å². The van der Waals surface area contributed by atoms with Crippen LogP contribution in [-0.4, -0.2) is 32.4 Å². The number of H-pyrrole nitrogens is 1. The van der Waals surface area contributed by atoms with E-state index in [-0.39, 0.29) is 16.4 Å². The van der Waals surface area contributed by atoms with Crippen LogP contribution in [0.1, 0.15) is 37.1 Å². The van der Waals surface area contributed by atoms with Gasteiger partial charge in [0.25, 0.3) is 0 Å². The molecule has 0 unspecified atom stereocenters. The van der Waals surface area contributed by atoms with Crippen molar-refractivity contribution < 1.29 is 12.9 Å². The van der Waals surface area contributed by atoms with Crippen molar-refractivity contribution in [3.05, 3.63) is 40.0 Å². The predicted molar refractivity (Wildman–Crippen MR) is 108 cm³/mol. The van der Waals surface area contributed by atoms with E-state index in [0.29, 0.717) is 33.5 Å². The second kappa shape index (κ2) is 6.90. The van der Waals surface area contributed by atoms with E-state index in [9.17, 15) is 13.2 Å². The molecule has 9 heteroatoms. The molecule has 3 aromatic rings. The second-order valence-electron chi connectivity index (χ2n) is 7.29. The zero-order chi connectivity index (χ0) is 20.1. The molecule has 7 nitrogen and oxygen atoms in total. The summed E-state index contributed by atoms with van der Waals surface area (Å²) < 4.78 is 34.4. The molecule has 1 aliphatic rings. The van der Waals surface area contributed by atoms with Gasteiger partial charge in [0.05, 0.1) is 16.1 Å². The first kappa shape index (κ1) is 19.0. The highest BCUT2D eigenvalue weighted by Crippen LogP contribution is 2.33. The minimum atomic E-state index is -3.82. The molecular formula is C19H20BN3O4S. The summed E-state index contributed by atoms with van der Waals surface area (Å²) in [4.78, 5) is 14.8. The van der Waals surface area contributed by atoms with E-state index in [1.807, 2.05) is 0 Å². The maximum absolute atomic E-state index is 13.2. The van der Waals surface area contributed by atoms with E-state index in [0.717, 1.165) is 25.7 Å². The van der Waals surface area contributed by atoms with E-state index >= 15 is 0 Å². The average Bonchev–Trinajstić information content (AvgIpc) is 3.24. The van der Waals surface area contributed by atoms with Crippen LogP contribution in [0.2, 0.25) is 0 Å². The van der Waals surface area contributed by atoms with Crippen LogP contribution in [0.4, 0.5) is 0 Å². The van der Waals surface area contributed by atoms with Crippen molar-refractivity contribution in [1.29, 1.82) is 0 Å². The number of fused-ring (bicyclic) bond motifs is 1. The number of pyridine rings is 1. The van der Waals surface area contributed by atoms with Gasteiger partial charge in [-0.15, -0.1) is 0 Å². The van der Waals surface area contributed by atoms with Gasteiger partial charge in [0.15, 0.2) is 0 Å². The van der Waals surface area contributed by atoms with Crippen molar-refractivity contribution in [2.75, 3.05) is 0 Å². The molecule has 2 aromatic heterocycles. The molecule has 1 aliphatic carbocycles. The van der Waals surface area contributed by atoms with Crippen molar-refractivity contribution in [2.24, 2.45) is 0 Å². The van der Waals surface area contributed by atoms with Crippen LogP contribution in [0.25, 0.3) is 22.0 Å². The lowest BCUT2D eigenvalue weighted by Gasteiger charge is -2.16. The number of nitrogens with zero attached hydrogens (tertiary/aromatic N) is 1. The molecule has 144 valence electrons. The number of aromatic nitrogens is 2. The van der Waals surface area contributed by atoms with Gasteiger partial charge in [-0.1, -0.05) is 24.1 Å². The summed E-state index contributed by atoms with van der Waals surface area (Å²) in [5, 5.41) is 4.32. The number of aryl methyl sites for hydroxylation is 2. The molecule has 0 bridgehead atoms. The normalized spacial score (nSPS) is 15.5. The van der Waals surface area contributed by atoms with Crippen LogP contribution in [-0.2, 0) is 10.0 Å². The highest BCUT2D eigenvalue weighted by molar-refractivity contribution is 7.89. The molecule has 0 aliphatic heterocycles. The molecule has 2 radical (unpaired) electrons. The van der Waals surface area contributed by atoms with Gasteiger partial charge < -0.3 is 9.51 Å². The standard InChI is InChI=1S/C19H20BN3O4S/c1-10-18(11(2)27-22-10)12-7-16-14(9-15(20)19(24)21-16)17(8-12)28(25,26)23-13-5-3-4-6-13/h7-9,13,23H,3-6H2,1-2H3,(H,21,24). The number of sulfonamides is 1. The molecule has 0 amide bonds. The minimum absolute atomic E-state index is 0.0325. The summed E-state index contributed by atoms with van der Waals surface area (Å²) >= 11 is 0. The topological polar surface area (TPSA) is 105 Å². The van der Waals surface area contributed by atoms with Gasteiger partial charge >= 0.3 is 0 Å². The average molecular weight is 397 g/mol. The molecule has 2 N–H and O–H groups in total. The fourth-order valence-corrected chi connectivity index (χ4v) is 5.42. The molecule has 0 spiro atoms. The number of aromatic amines is 1. The Morgan fingerprint density at radius 1 is 1.21 bits per heavy atom. The van der Waals surface area contributed by atoms with E-state index in [4.69, 9.17) is 12.4 Å². The Hall–Kier alpha value is -2.39. The van der Waals surface area contributed by atoms with Crippen molar-refractivity contribution in [2.45, 2.75) is 50.5 Å². The highest BCUT2D eigenvalue weighted by Gasteiger charge is 2.26. The molecule has 2 heterocycles. The van der Waals surface area contributed by atoms with Crippen molar-refractivity contribution >= 4 is 34.2 Å². The second-order valence-corrected chi connectivity index (χ2v) is 8.97. The summed E-state index contributed by atoms with van der Waals surface area (Å²) in [6.07, 6.45) is 3.65. The lowest BCUT2D eigenvalue weighted by molar-refractivity contribution is 0.393. The first-order valence-corrected chi connectivity index (χ1v) is 10.7. The molecule has 1 saturated carbocycles. The van der Waals surface area contributed by atoms with Crippen LogP contribution >= 0.6 is 0 Å². The molecular weight excluding hydrogens is 377 g/mol. The molecule has 0 atom stereocenters. The largest absolute Gasteiger partial charge is 0.361 e. The smallest absolute Gasteiger partial charge is 0.241 e. The van der Waals surface area contributed by atoms with E-state index in [1.165, 1.54) is 6.07 Å². The quantitative estimate of drug-likeness (QED) is 0.654. The Bertz CT molecular complexity index is 1200. The van der Waals surface area contributed by atoms with Crippen LogP contribution in [0.15, 0.2) is 32.4 Å².